The van der Waals surface area contributed by atoms with Gasteiger partial charge in [-0.1, -0.05) is 11.6 Å². The van der Waals surface area contributed by atoms with Crippen molar-refractivity contribution in [3.63, 3.8) is 0 Å². The molecule has 2 aliphatic rings. The smallest absolute Gasteiger partial charge is 0.105 e. The zero-order chi connectivity index (χ0) is 18.1. The summed E-state index contributed by atoms with van der Waals surface area (Å²) in [5, 5.41) is 14.7. The first-order valence-electron chi connectivity index (χ1n) is 8.94. The van der Waals surface area contributed by atoms with Crippen LogP contribution in [0.15, 0.2) is 18.5 Å². The second-order valence-corrected chi connectivity index (χ2v) is 9.71. The highest BCUT2D eigenvalue weighted by molar-refractivity contribution is 7.98. The zero-order valence-electron chi connectivity index (χ0n) is 14.9. The first kappa shape index (κ1) is 18.8. The molecule has 0 radical (unpaired) electrons. The van der Waals surface area contributed by atoms with Gasteiger partial charge in [-0.25, -0.2) is 0 Å². The number of halogens is 1. The van der Waals surface area contributed by atoms with E-state index in [0.717, 1.165) is 59.6 Å². The number of aliphatic hydroxyl groups is 1. The second kappa shape index (κ2) is 7.81. The summed E-state index contributed by atoms with van der Waals surface area (Å²) in [7, 11) is 0. The average Bonchev–Trinajstić information content (AvgIpc) is 3.25. The molecule has 0 aromatic carbocycles. The van der Waals surface area contributed by atoms with Gasteiger partial charge in [-0.05, 0) is 25.2 Å². The molecule has 0 saturated carbocycles. The van der Waals surface area contributed by atoms with Crippen molar-refractivity contribution in [2.75, 3.05) is 31.7 Å². The maximum atomic E-state index is 10.2. The fourth-order valence-corrected chi connectivity index (χ4v) is 5.73. The van der Waals surface area contributed by atoms with Crippen molar-refractivity contribution in [2.24, 2.45) is 0 Å². The number of ether oxygens (including phenoxy) is 1. The summed E-state index contributed by atoms with van der Waals surface area (Å²) < 4.78 is 8.93. The van der Waals surface area contributed by atoms with Crippen molar-refractivity contribution < 1.29 is 9.84 Å². The number of hydrogen-bond donors (Lipinski definition) is 1. The van der Waals surface area contributed by atoms with E-state index in [-0.39, 0.29) is 5.60 Å². The number of hydrogen-bond acceptors (Lipinski definition) is 6. The molecule has 0 aliphatic carbocycles. The Balaban J connectivity index is 1.40. The molecule has 4 rings (SSSR count). The molecule has 1 atom stereocenters. The quantitative estimate of drug-likeness (QED) is 0.812. The molecule has 1 fully saturated rings. The summed E-state index contributed by atoms with van der Waals surface area (Å²) >= 11 is 9.62. The Kier molecular flexibility index (Phi) is 5.64. The molecular formula is C18H24ClN3O2S2. The number of fused-ring (bicyclic) bond motifs is 2. The van der Waals surface area contributed by atoms with E-state index in [1.807, 2.05) is 28.7 Å². The van der Waals surface area contributed by atoms with E-state index < -0.39 is 6.10 Å². The van der Waals surface area contributed by atoms with Gasteiger partial charge in [0.05, 0.1) is 17.1 Å². The van der Waals surface area contributed by atoms with Crippen LogP contribution in [0.4, 0.5) is 0 Å². The van der Waals surface area contributed by atoms with Gasteiger partial charge in [0.15, 0.2) is 0 Å². The van der Waals surface area contributed by atoms with E-state index >= 15 is 0 Å². The van der Waals surface area contributed by atoms with E-state index in [1.165, 1.54) is 5.56 Å². The maximum Gasteiger partial charge on any atom is 0.105 e. The highest BCUT2D eigenvalue weighted by Crippen LogP contribution is 2.49. The Bertz CT molecular complexity index is 755. The minimum atomic E-state index is -0.551. The van der Waals surface area contributed by atoms with E-state index in [1.54, 1.807) is 11.3 Å². The molecule has 0 bridgehead atoms. The number of thioether (sulfide) groups is 1. The Labute approximate surface area is 167 Å². The van der Waals surface area contributed by atoms with Crippen molar-refractivity contribution in [3.05, 3.63) is 38.8 Å². The molecule has 2 aromatic rings. The maximum absolute atomic E-state index is 10.2. The van der Waals surface area contributed by atoms with Crippen LogP contribution in [-0.4, -0.2) is 51.5 Å². The van der Waals surface area contributed by atoms with Crippen LogP contribution in [0.3, 0.4) is 0 Å². The van der Waals surface area contributed by atoms with Crippen molar-refractivity contribution in [3.8, 4) is 0 Å². The van der Waals surface area contributed by atoms with Crippen molar-refractivity contribution >= 4 is 34.7 Å². The number of likely N-dealkylation sites (tertiary alicyclic amines) is 1. The van der Waals surface area contributed by atoms with Gasteiger partial charge in [-0.15, -0.1) is 11.3 Å². The standard InChI is InChI=1S/C18H24ClN3O2S2/c1-25-7-6-22-11-13(9-20-22)10-21-4-2-18(3-5-21)17-14(8-16(19)26-17)15(23)12-24-18/h8-9,11,15,23H,2-7,10,12H2,1H3. The third kappa shape index (κ3) is 3.70. The fourth-order valence-electron chi connectivity index (χ4n) is 3.87. The van der Waals surface area contributed by atoms with Gasteiger partial charge < -0.3 is 9.84 Å². The third-order valence-electron chi connectivity index (χ3n) is 5.30. The summed E-state index contributed by atoms with van der Waals surface area (Å²) in [6.45, 7) is 4.20. The van der Waals surface area contributed by atoms with Gasteiger partial charge in [-0.2, -0.15) is 16.9 Å². The predicted octanol–water partition coefficient (Wildman–Crippen LogP) is 3.52. The molecule has 1 saturated heterocycles. The SMILES string of the molecule is CSCCn1cc(CN2CCC3(CC2)OCC(O)c2cc(Cl)sc23)cn1. The summed E-state index contributed by atoms with van der Waals surface area (Å²) in [5.41, 5.74) is 1.96. The number of piperidine rings is 1. The first-order chi connectivity index (χ1) is 12.6. The zero-order valence-corrected chi connectivity index (χ0v) is 17.2. The van der Waals surface area contributed by atoms with Crippen molar-refractivity contribution in [1.82, 2.24) is 14.7 Å². The molecule has 142 valence electrons. The summed E-state index contributed by atoms with van der Waals surface area (Å²) in [6, 6.07) is 1.91. The van der Waals surface area contributed by atoms with E-state index in [9.17, 15) is 5.11 Å². The van der Waals surface area contributed by atoms with Crippen LogP contribution < -0.4 is 0 Å². The van der Waals surface area contributed by atoms with Gasteiger partial charge in [0.1, 0.15) is 11.7 Å². The van der Waals surface area contributed by atoms with E-state index in [4.69, 9.17) is 16.3 Å². The minimum Gasteiger partial charge on any atom is -0.386 e. The van der Waals surface area contributed by atoms with E-state index in [2.05, 4.69) is 22.5 Å². The van der Waals surface area contributed by atoms with E-state index in [0.29, 0.717) is 6.61 Å². The lowest BCUT2D eigenvalue weighted by Crippen LogP contribution is -2.46. The van der Waals surface area contributed by atoms with Crippen molar-refractivity contribution in [1.29, 1.82) is 0 Å². The molecule has 1 spiro atoms. The van der Waals surface area contributed by atoms with Crippen LogP contribution in [-0.2, 0) is 23.4 Å². The molecular weight excluding hydrogens is 390 g/mol. The van der Waals surface area contributed by atoms with Crippen LogP contribution >= 0.6 is 34.7 Å². The highest BCUT2D eigenvalue weighted by Gasteiger charge is 2.44. The van der Waals surface area contributed by atoms with Crippen LogP contribution in [0.25, 0.3) is 0 Å². The van der Waals surface area contributed by atoms with Gasteiger partial charge in [0.2, 0.25) is 0 Å². The lowest BCUT2D eigenvalue weighted by Gasteiger charge is -2.44. The lowest BCUT2D eigenvalue weighted by molar-refractivity contribution is -0.129. The summed E-state index contributed by atoms with van der Waals surface area (Å²) in [5.74, 6) is 1.09. The predicted molar refractivity (Wildman–Crippen MR) is 107 cm³/mol. The Morgan fingerprint density at radius 2 is 2.27 bits per heavy atom. The largest absolute Gasteiger partial charge is 0.386 e. The molecule has 4 heterocycles. The molecule has 5 nitrogen and oxygen atoms in total. The minimum absolute atomic E-state index is 0.272. The second-order valence-electron chi connectivity index (χ2n) is 7.04. The molecule has 1 unspecified atom stereocenters. The fraction of sp³-hybridized carbons (Fsp3) is 0.611. The molecule has 2 aromatic heterocycles. The number of aryl methyl sites for hydroxylation is 1. The highest BCUT2D eigenvalue weighted by atomic mass is 35.5. The Morgan fingerprint density at radius 1 is 1.46 bits per heavy atom. The Hall–Kier alpha value is -0.570. The van der Waals surface area contributed by atoms with Crippen LogP contribution in [0.1, 0.15) is 34.9 Å². The monoisotopic (exact) mass is 413 g/mol. The van der Waals surface area contributed by atoms with Gasteiger partial charge in [-0.3, -0.25) is 9.58 Å². The number of nitrogens with zero attached hydrogens (tertiary/aromatic N) is 3. The lowest BCUT2D eigenvalue weighted by atomic mass is 9.84. The molecule has 26 heavy (non-hydrogen) atoms. The van der Waals surface area contributed by atoms with Gasteiger partial charge >= 0.3 is 0 Å². The van der Waals surface area contributed by atoms with Crippen LogP contribution in [0, 0.1) is 0 Å². The molecule has 2 aliphatic heterocycles. The first-order valence-corrected chi connectivity index (χ1v) is 11.5. The summed E-state index contributed by atoms with van der Waals surface area (Å²) in [6.07, 6.45) is 7.57. The molecule has 0 amide bonds. The molecule has 8 heteroatoms. The summed E-state index contributed by atoms with van der Waals surface area (Å²) in [4.78, 5) is 3.59. The number of aliphatic hydroxyl groups excluding tert-OH is 1. The number of aromatic nitrogens is 2. The number of thiophene rings is 1. The Morgan fingerprint density at radius 3 is 3.04 bits per heavy atom. The topological polar surface area (TPSA) is 50.5 Å². The van der Waals surface area contributed by atoms with Gasteiger partial charge in [0.25, 0.3) is 0 Å². The average molecular weight is 414 g/mol. The van der Waals surface area contributed by atoms with Gasteiger partial charge in [0, 0.05) is 54.1 Å². The number of rotatable bonds is 5. The van der Waals surface area contributed by atoms with Crippen molar-refractivity contribution in [2.45, 2.75) is 37.6 Å². The third-order valence-corrected chi connectivity index (χ3v) is 7.36. The van der Waals surface area contributed by atoms with Crippen LogP contribution in [0.2, 0.25) is 4.34 Å². The normalized spacial score (nSPS) is 22.7. The van der Waals surface area contributed by atoms with Crippen LogP contribution in [0.5, 0.6) is 0 Å². The molecule has 1 N–H and O–H groups in total.